The van der Waals surface area contributed by atoms with E-state index in [9.17, 15) is 9.59 Å². The smallest absolute Gasteiger partial charge is 0.338 e. The fourth-order valence-corrected chi connectivity index (χ4v) is 3.56. The van der Waals surface area contributed by atoms with Gasteiger partial charge in [0, 0.05) is 24.5 Å². The third kappa shape index (κ3) is 5.00. The number of nitrogens with zero attached hydrogens (tertiary/aromatic N) is 1. The molecule has 6 nitrogen and oxygen atoms in total. The zero-order chi connectivity index (χ0) is 21.7. The van der Waals surface area contributed by atoms with Crippen LogP contribution in [0.2, 0.25) is 0 Å². The number of anilines is 1. The van der Waals surface area contributed by atoms with Gasteiger partial charge in [0.25, 0.3) is 0 Å². The predicted octanol–water partition coefficient (Wildman–Crippen LogP) is 4.29. The molecule has 2 amide bonds. The lowest BCUT2D eigenvalue weighted by Crippen LogP contribution is -2.45. The van der Waals surface area contributed by atoms with Crippen LogP contribution >= 0.6 is 0 Å². The van der Waals surface area contributed by atoms with Gasteiger partial charge in [-0.05, 0) is 51.0 Å². The highest BCUT2D eigenvalue weighted by Gasteiger charge is 2.32. The van der Waals surface area contributed by atoms with E-state index >= 15 is 0 Å². The number of urea groups is 1. The number of rotatable bonds is 7. The molecule has 30 heavy (non-hydrogen) atoms. The summed E-state index contributed by atoms with van der Waals surface area (Å²) in [6.07, 6.45) is -0.241. The number of hydrogen-bond acceptors (Lipinski definition) is 4. The minimum absolute atomic E-state index is 0.241. The fraction of sp³-hybridized carbons (Fsp3) is 0.333. The van der Waals surface area contributed by atoms with Gasteiger partial charge in [0.1, 0.15) is 0 Å². The molecule has 1 aliphatic heterocycles. The Hall–Kier alpha value is -3.28. The van der Waals surface area contributed by atoms with Crippen molar-refractivity contribution in [3.05, 3.63) is 77.0 Å². The number of nitrogens with one attached hydrogen (secondary N) is 2. The van der Waals surface area contributed by atoms with Crippen LogP contribution in [0.1, 0.15) is 44.9 Å². The number of amides is 2. The zero-order valence-corrected chi connectivity index (χ0v) is 17.9. The number of hydrogen-bond donors (Lipinski definition) is 2. The molecule has 0 aromatic heterocycles. The van der Waals surface area contributed by atoms with Gasteiger partial charge < -0.3 is 20.3 Å². The Balaban J connectivity index is 1.85. The summed E-state index contributed by atoms with van der Waals surface area (Å²) in [7, 11) is 0. The Morgan fingerprint density at radius 1 is 1.10 bits per heavy atom. The molecule has 0 spiro atoms. The summed E-state index contributed by atoms with van der Waals surface area (Å²) < 4.78 is 5.40. The Kier molecular flexibility index (Phi) is 6.77. The highest BCUT2D eigenvalue weighted by atomic mass is 16.5. The second-order valence-corrected chi connectivity index (χ2v) is 7.62. The average Bonchev–Trinajstić information content (AvgIpc) is 2.71. The van der Waals surface area contributed by atoms with E-state index in [0.717, 1.165) is 24.3 Å². The Morgan fingerprint density at radius 3 is 2.37 bits per heavy atom. The summed E-state index contributed by atoms with van der Waals surface area (Å²) in [4.78, 5) is 27.0. The van der Waals surface area contributed by atoms with E-state index < -0.39 is 12.0 Å². The molecule has 1 unspecified atom stereocenters. The van der Waals surface area contributed by atoms with E-state index in [1.165, 1.54) is 5.56 Å². The van der Waals surface area contributed by atoms with Gasteiger partial charge in [-0.1, -0.05) is 42.5 Å². The van der Waals surface area contributed by atoms with Gasteiger partial charge >= 0.3 is 12.0 Å². The Labute approximate surface area is 177 Å². The van der Waals surface area contributed by atoms with E-state index in [1.54, 1.807) is 20.8 Å². The molecule has 0 saturated carbocycles. The molecule has 3 rings (SSSR count). The molecular weight excluding hydrogens is 378 g/mol. The molecule has 158 valence electrons. The maximum absolute atomic E-state index is 12.7. The molecule has 0 aliphatic carbocycles. The topological polar surface area (TPSA) is 70.7 Å². The van der Waals surface area contributed by atoms with E-state index in [-0.39, 0.29) is 12.1 Å². The molecule has 0 saturated heterocycles. The van der Waals surface area contributed by atoms with Gasteiger partial charge in [0.05, 0.1) is 17.7 Å². The first-order chi connectivity index (χ1) is 14.4. The normalized spacial score (nSPS) is 16.2. The maximum atomic E-state index is 12.7. The molecular formula is C24H29N3O3. The molecule has 1 aliphatic rings. The van der Waals surface area contributed by atoms with Crippen LogP contribution < -0.4 is 15.5 Å². The molecule has 1 heterocycles. The van der Waals surface area contributed by atoms with Crippen LogP contribution in [-0.4, -0.2) is 24.6 Å². The third-order valence-corrected chi connectivity index (χ3v) is 5.02. The molecule has 0 bridgehead atoms. The van der Waals surface area contributed by atoms with Gasteiger partial charge in [-0.2, -0.15) is 0 Å². The maximum Gasteiger partial charge on any atom is 0.338 e. The number of allylic oxidation sites excluding steroid dienone is 1. The molecule has 2 N–H and O–H groups in total. The van der Waals surface area contributed by atoms with Crippen LogP contribution in [0.3, 0.4) is 0 Å². The SMILES string of the molecule is CCN(Cc1ccccc1)c1ccc(C2NC(=O)NC(C)=C2C(=O)OC(C)C)cc1. The van der Waals surface area contributed by atoms with Crippen LogP contribution in [0.15, 0.2) is 65.9 Å². The summed E-state index contributed by atoms with van der Waals surface area (Å²) in [5.74, 6) is -0.427. The van der Waals surface area contributed by atoms with Crippen LogP contribution in [0.4, 0.5) is 10.5 Å². The number of ether oxygens (including phenoxy) is 1. The third-order valence-electron chi connectivity index (χ3n) is 5.02. The summed E-state index contributed by atoms with van der Waals surface area (Å²) >= 11 is 0. The van der Waals surface area contributed by atoms with Crippen molar-refractivity contribution in [2.75, 3.05) is 11.4 Å². The second-order valence-electron chi connectivity index (χ2n) is 7.62. The number of carbonyl (C=O) groups is 2. The first-order valence-electron chi connectivity index (χ1n) is 10.3. The molecule has 1 atom stereocenters. The number of benzene rings is 2. The first-order valence-corrected chi connectivity index (χ1v) is 10.3. The van der Waals surface area contributed by atoms with E-state index in [1.807, 2.05) is 42.5 Å². The molecule has 2 aromatic rings. The predicted molar refractivity (Wildman–Crippen MR) is 118 cm³/mol. The van der Waals surface area contributed by atoms with E-state index in [0.29, 0.717) is 11.3 Å². The highest BCUT2D eigenvalue weighted by Crippen LogP contribution is 2.29. The van der Waals surface area contributed by atoms with E-state index in [2.05, 4.69) is 34.6 Å². The summed E-state index contributed by atoms with van der Waals surface area (Å²) in [6, 6.07) is 17.4. The van der Waals surface area contributed by atoms with Crippen LogP contribution in [0, 0.1) is 0 Å². The minimum Gasteiger partial charge on any atom is -0.459 e. The first kappa shape index (κ1) is 21.4. The molecule has 2 aromatic carbocycles. The number of carbonyl (C=O) groups excluding carboxylic acids is 2. The largest absolute Gasteiger partial charge is 0.459 e. The van der Waals surface area contributed by atoms with Crippen LogP contribution in [0.5, 0.6) is 0 Å². The van der Waals surface area contributed by atoms with Crippen molar-refractivity contribution in [2.24, 2.45) is 0 Å². The van der Waals surface area contributed by atoms with Gasteiger partial charge in [0.15, 0.2) is 0 Å². The van der Waals surface area contributed by atoms with Gasteiger partial charge in [-0.3, -0.25) is 0 Å². The Bertz CT molecular complexity index is 920. The van der Waals surface area contributed by atoms with Gasteiger partial charge in [-0.25, -0.2) is 9.59 Å². The van der Waals surface area contributed by atoms with Crippen molar-refractivity contribution >= 4 is 17.7 Å². The molecule has 0 fully saturated rings. The fourth-order valence-electron chi connectivity index (χ4n) is 3.56. The monoisotopic (exact) mass is 407 g/mol. The van der Waals surface area contributed by atoms with Crippen LogP contribution in [0.25, 0.3) is 0 Å². The van der Waals surface area contributed by atoms with Crippen molar-refractivity contribution < 1.29 is 14.3 Å². The highest BCUT2D eigenvalue weighted by molar-refractivity contribution is 5.95. The molecule has 6 heteroatoms. The lowest BCUT2D eigenvalue weighted by Gasteiger charge is -2.29. The second kappa shape index (κ2) is 9.48. The zero-order valence-electron chi connectivity index (χ0n) is 17.9. The standard InChI is InChI=1S/C24H29N3O3/c1-5-27(15-18-9-7-6-8-10-18)20-13-11-19(12-14-20)22-21(23(28)30-16(2)3)17(4)25-24(29)26-22/h6-14,16,22H,5,15H2,1-4H3,(H2,25,26,29). The molecule has 0 radical (unpaired) electrons. The van der Waals surface area contributed by atoms with Gasteiger partial charge in [-0.15, -0.1) is 0 Å². The van der Waals surface area contributed by atoms with Crippen LogP contribution in [-0.2, 0) is 16.1 Å². The lowest BCUT2D eigenvalue weighted by molar-refractivity contribution is -0.143. The lowest BCUT2D eigenvalue weighted by atomic mass is 9.95. The quantitative estimate of drug-likeness (QED) is 0.672. The minimum atomic E-state index is -0.553. The summed E-state index contributed by atoms with van der Waals surface area (Å²) in [5.41, 5.74) is 4.09. The van der Waals surface area contributed by atoms with E-state index in [4.69, 9.17) is 4.74 Å². The average molecular weight is 408 g/mol. The number of esters is 1. The summed E-state index contributed by atoms with van der Waals surface area (Å²) in [5, 5.41) is 5.52. The van der Waals surface area contributed by atoms with Crippen molar-refractivity contribution in [3.8, 4) is 0 Å². The van der Waals surface area contributed by atoms with Crippen molar-refractivity contribution in [3.63, 3.8) is 0 Å². The van der Waals surface area contributed by atoms with Crippen molar-refractivity contribution in [2.45, 2.75) is 46.4 Å². The Morgan fingerprint density at radius 2 is 1.77 bits per heavy atom. The summed E-state index contributed by atoms with van der Waals surface area (Å²) in [6.45, 7) is 9.12. The van der Waals surface area contributed by atoms with Gasteiger partial charge in [0.2, 0.25) is 0 Å². The van der Waals surface area contributed by atoms with Crippen molar-refractivity contribution in [1.29, 1.82) is 0 Å². The van der Waals surface area contributed by atoms with Crippen molar-refractivity contribution in [1.82, 2.24) is 10.6 Å².